The van der Waals surface area contributed by atoms with Crippen LogP contribution in [0.5, 0.6) is 0 Å². The largest absolute Gasteiger partial charge is 0.342 e. The van der Waals surface area contributed by atoms with Crippen LogP contribution in [-0.2, 0) is 4.79 Å². The van der Waals surface area contributed by atoms with Crippen molar-refractivity contribution in [3.63, 3.8) is 0 Å². The Balaban J connectivity index is 1.91. The predicted molar refractivity (Wildman–Crippen MR) is 60.2 cm³/mol. The number of carbonyl (C=O) groups excluding carboxylic acids is 1. The normalized spacial score (nSPS) is 33.9. The summed E-state index contributed by atoms with van der Waals surface area (Å²) >= 11 is 0. The average molecular weight is 210 g/mol. The zero-order valence-electron chi connectivity index (χ0n) is 9.83. The molecule has 1 saturated heterocycles. The van der Waals surface area contributed by atoms with Gasteiger partial charge in [0.2, 0.25) is 5.91 Å². The molecule has 0 aromatic heterocycles. The predicted octanol–water partition coefficient (Wildman–Crippen LogP) is 1.23. The quantitative estimate of drug-likeness (QED) is 0.745. The Labute approximate surface area is 92.0 Å². The lowest BCUT2D eigenvalue weighted by Gasteiger charge is -2.32. The van der Waals surface area contributed by atoms with Crippen LogP contribution in [0.15, 0.2) is 0 Å². The molecule has 0 radical (unpaired) electrons. The molecule has 86 valence electrons. The van der Waals surface area contributed by atoms with E-state index in [-0.39, 0.29) is 11.3 Å². The third-order valence-electron chi connectivity index (χ3n) is 3.98. The van der Waals surface area contributed by atoms with Crippen molar-refractivity contribution in [1.29, 1.82) is 0 Å². The van der Waals surface area contributed by atoms with E-state index in [4.69, 9.17) is 5.73 Å². The Morgan fingerprint density at radius 1 is 1.53 bits per heavy atom. The van der Waals surface area contributed by atoms with Crippen molar-refractivity contribution < 1.29 is 4.79 Å². The first kappa shape index (κ1) is 10.9. The molecule has 1 amide bonds. The lowest BCUT2D eigenvalue weighted by molar-refractivity contribution is -0.135. The van der Waals surface area contributed by atoms with Crippen LogP contribution in [0.25, 0.3) is 0 Å². The van der Waals surface area contributed by atoms with Crippen LogP contribution in [0.1, 0.15) is 33.1 Å². The maximum atomic E-state index is 12.1. The molecule has 2 atom stereocenters. The zero-order chi connectivity index (χ0) is 11.1. The van der Waals surface area contributed by atoms with E-state index in [9.17, 15) is 4.79 Å². The van der Waals surface area contributed by atoms with Gasteiger partial charge in [-0.3, -0.25) is 4.79 Å². The molecule has 0 bridgehead atoms. The standard InChI is InChI=1S/C12H22N2O/c1-12(2)6-10(12)11(15)14-5-3-4-9(7-13)8-14/h9-10H,3-8,13H2,1-2H3. The van der Waals surface area contributed by atoms with Gasteiger partial charge in [-0.15, -0.1) is 0 Å². The molecule has 2 unspecified atom stereocenters. The number of hydrogen-bond donors (Lipinski definition) is 1. The van der Waals surface area contributed by atoms with Crippen molar-refractivity contribution in [3.8, 4) is 0 Å². The van der Waals surface area contributed by atoms with E-state index in [1.54, 1.807) is 0 Å². The van der Waals surface area contributed by atoms with Gasteiger partial charge in [-0.25, -0.2) is 0 Å². The number of rotatable bonds is 2. The van der Waals surface area contributed by atoms with Gasteiger partial charge in [0.05, 0.1) is 0 Å². The number of hydrogen-bond acceptors (Lipinski definition) is 2. The Bertz CT molecular complexity index is 262. The second kappa shape index (κ2) is 3.78. The fraction of sp³-hybridized carbons (Fsp3) is 0.917. The van der Waals surface area contributed by atoms with E-state index in [1.807, 2.05) is 4.90 Å². The minimum Gasteiger partial charge on any atom is -0.342 e. The molecule has 2 rings (SSSR count). The van der Waals surface area contributed by atoms with Crippen LogP contribution >= 0.6 is 0 Å². The van der Waals surface area contributed by atoms with Crippen molar-refractivity contribution in [1.82, 2.24) is 4.90 Å². The summed E-state index contributed by atoms with van der Waals surface area (Å²) in [5.74, 6) is 1.19. The number of likely N-dealkylation sites (tertiary alicyclic amines) is 1. The van der Waals surface area contributed by atoms with Crippen molar-refractivity contribution >= 4 is 5.91 Å². The number of carbonyl (C=O) groups is 1. The van der Waals surface area contributed by atoms with Crippen molar-refractivity contribution in [2.24, 2.45) is 23.0 Å². The highest BCUT2D eigenvalue weighted by atomic mass is 16.2. The molecule has 3 nitrogen and oxygen atoms in total. The van der Waals surface area contributed by atoms with E-state index in [0.29, 0.717) is 11.8 Å². The first-order valence-corrected chi connectivity index (χ1v) is 6.03. The van der Waals surface area contributed by atoms with Gasteiger partial charge in [0.1, 0.15) is 0 Å². The van der Waals surface area contributed by atoms with Crippen LogP contribution < -0.4 is 5.73 Å². The molecule has 1 saturated carbocycles. The van der Waals surface area contributed by atoms with Gasteiger partial charge in [-0.1, -0.05) is 13.8 Å². The number of nitrogens with two attached hydrogens (primary N) is 1. The lowest BCUT2D eigenvalue weighted by atomic mass is 9.97. The summed E-state index contributed by atoms with van der Waals surface area (Å²) < 4.78 is 0. The van der Waals surface area contributed by atoms with Gasteiger partial charge >= 0.3 is 0 Å². The van der Waals surface area contributed by atoms with E-state index in [1.165, 1.54) is 6.42 Å². The highest BCUT2D eigenvalue weighted by Gasteiger charge is 2.52. The molecule has 1 aliphatic carbocycles. The van der Waals surface area contributed by atoms with Gasteiger partial charge in [-0.2, -0.15) is 0 Å². The number of nitrogens with zero attached hydrogens (tertiary/aromatic N) is 1. The van der Waals surface area contributed by atoms with Crippen LogP contribution in [0.2, 0.25) is 0 Å². The van der Waals surface area contributed by atoms with E-state index in [0.717, 1.165) is 32.5 Å². The van der Waals surface area contributed by atoms with Crippen LogP contribution in [0, 0.1) is 17.3 Å². The van der Waals surface area contributed by atoms with Crippen molar-refractivity contribution in [3.05, 3.63) is 0 Å². The molecule has 2 fully saturated rings. The molecule has 2 N–H and O–H groups in total. The Kier molecular flexibility index (Phi) is 2.75. The maximum absolute atomic E-state index is 12.1. The number of piperidine rings is 1. The van der Waals surface area contributed by atoms with Gasteiger partial charge in [0.15, 0.2) is 0 Å². The first-order valence-electron chi connectivity index (χ1n) is 6.03. The second-order valence-corrected chi connectivity index (χ2v) is 5.77. The van der Waals surface area contributed by atoms with E-state index < -0.39 is 0 Å². The summed E-state index contributed by atoms with van der Waals surface area (Å²) in [6.07, 6.45) is 3.38. The second-order valence-electron chi connectivity index (χ2n) is 5.77. The Hall–Kier alpha value is -0.570. The van der Waals surface area contributed by atoms with Gasteiger partial charge in [-0.05, 0) is 37.1 Å². The summed E-state index contributed by atoms with van der Waals surface area (Å²) in [4.78, 5) is 14.2. The third-order valence-corrected chi connectivity index (χ3v) is 3.98. The third kappa shape index (κ3) is 2.17. The van der Waals surface area contributed by atoms with E-state index >= 15 is 0 Å². The maximum Gasteiger partial charge on any atom is 0.226 e. The van der Waals surface area contributed by atoms with Crippen LogP contribution in [0.3, 0.4) is 0 Å². The van der Waals surface area contributed by atoms with Gasteiger partial charge in [0, 0.05) is 19.0 Å². The SMILES string of the molecule is CC1(C)CC1C(=O)N1CCCC(CN)C1. The van der Waals surface area contributed by atoms with Crippen molar-refractivity contribution in [2.75, 3.05) is 19.6 Å². The smallest absolute Gasteiger partial charge is 0.226 e. The zero-order valence-corrected chi connectivity index (χ0v) is 9.83. The lowest BCUT2D eigenvalue weighted by Crippen LogP contribution is -2.43. The Morgan fingerprint density at radius 3 is 2.73 bits per heavy atom. The molecule has 0 spiro atoms. The van der Waals surface area contributed by atoms with Crippen LogP contribution in [0.4, 0.5) is 0 Å². The molecule has 2 aliphatic rings. The molecular weight excluding hydrogens is 188 g/mol. The van der Waals surface area contributed by atoms with Crippen LogP contribution in [-0.4, -0.2) is 30.4 Å². The molecule has 0 aromatic rings. The number of amides is 1. The first-order chi connectivity index (χ1) is 7.04. The van der Waals surface area contributed by atoms with Crippen molar-refractivity contribution in [2.45, 2.75) is 33.1 Å². The average Bonchev–Trinajstić information content (AvgIpc) is 2.87. The summed E-state index contributed by atoms with van der Waals surface area (Å²) in [5, 5.41) is 0. The molecule has 15 heavy (non-hydrogen) atoms. The molecule has 0 aromatic carbocycles. The summed E-state index contributed by atoms with van der Waals surface area (Å²) in [6.45, 7) is 6.92. The minimum absolute atomic E-state index is 0.257. The fourth-order valence-corrected chi connectivity index (χ4v) is 2.57. The molecular formula is C12H22N2O. The summed E-state index contributed by atoms with van der Waals surface area (Å²) in [5.41, 5.74) is 5.93. The topological polar surface area (TPSA) is 46.3 Å². The Morgan fingerprint density at radius 2 is 2.20 bits per heavy atom. The van der Waals surface area contributed by atoms with Gasteiger partial charge < -0.3 is 10.6 Å². The van der Waals surface area contributed by atoms with Gasteiger partial charge in [0.25, 0.3) is 0 Å². The highest BCUT2D eigenvalue weighted by molar-refractivity contribution is 5.82. The summed E-state index contributed by atoms with van der Waals surface area (Å²) in [6, 6.07) is 0. The highest BCUT2D eigenvalue weighted by Crippen LogP contribution is 2.52. The summed E-state index contributed by atoms with van der Waals surface area (Å²) in [7, 11) is 0. The molecule has 1 heterocycles. The fourth-order valence-electron chi connectivity index (χ4n) is 2.57. The minimum atomic E-state index is 0.257. The molecule has 1 aliphatic heterocycles. The molecule has 3 heteroatoms. The monoisotopic (exact) mass is 210 g/mol. The van der Waals surface area contributed by atoms with E-state index in [2.05, 4.69) is 13.8 Å².